The molecule has 2 aromatic carbocycles. The molecular weight excluding hydrogens is 422 g/mol. The van der Waals surface area contributed by atoms with Crippen molar-refractivity contribution in [1.82, 2.24) is 10.6 Å². The van der Waals surface area contributed by atoms with Gasteiger partial charge in [-0.25, -0.2) is 13.2 Å². The number of carbonyl (C=O) groups is 2. The average Bonchev–Trinajstić information content (AvgIpc) is 2.70. The van der Waals surface area contributed by atoms with Crippen molar-refractivity contribution in [3.05, 3.63) is 54.1 Å². The van der Waals surface area contributed by atoms with Gasteiger partial charge in [0.2, 0.25) is 0 Å². The lowest BCUT2D eigenvalue weighted by Gasteiger charge is -2.19. The van der Waals surface area contributed by atoms with E-state index in [1.807, 2.05) is 0 Å². The number of alkyl carbamates (subject to hydrolysis) is 1. The quantitative estimate of drug-likeness (QED) is 0.533. The summed E-state index contributed by atoms with van der Waals surface area (Å²) in [5.41, 5.74) is 0.0817. The van der Waals surface area contributed by atoms with Crippen LogP contribution in [-0.2, 0) is 14.8 Å². The van der Waals surface area contributed by atoms with Crippen LogP contribution in [0, 0.1) is 0 Å². The smallest absolute Gasteiger partial charge is 0.407 e. The van der Waals surface area contributed by atoms with Gasteiger partial charge < -0.3 is 20.1 Å². The molecule has 0 spiro atoms. The highest BCUT2D eigenvalue weighted by Gasteiger charge is 2.17. The minimum atomic E-state index is -3.80. The van der Waals surface area contributed by atoms with Gasteiger partial charge in [0.15, 0.2) is 0 Å². The van der Waals surface area contributed by atoms with E-state index in [1.165, 1.54) is 31.4 Å². The van der Waals surface area contributed by atoms with Gasteiger partial charge in [0.1, 0.15) is 11.4 Å². The number of carbonyl (C=O) groups excluding carboxylic acids is 2. The fraction of sp³-hybridized carbons (Fsp3) is 0.333. The van der Waals surface area contributed by atoms with Crippen LogP contribution in [0.5, 0.6) is 5.75 Å². The molecule has 0 atom stereocenters. The molecule has 0 aromatic heterocycles. The monoisotopic (exact) mass is 449 g/mol. The third-order valence-electron chi connectivity index (χ3n) is 3.85. The molecule has 9 nitrogen and oxygen atoms in total. The Bertz CT molecular complexity index is 997. The molecule has 2 aromatic rings. The van der Waals surface area contributed by atoms with Crippen LogP contribution in [-0.4, -0.2) is 46.2 Å². The highest BCUT2D eigenvalue weighted by molar-refractivity contribution is 7.92. The minimum Gasteiger partial charge on any atom is -0.497 e. The molecule has 3 N–H and O–H groups in total. The van der Waals surface area contributed by atoms with Crippen LogP contribution in [0.2, 0.25) is 0 Å². The zero-order valence-corrected chi connectivity index (χ0v) is 18.7. The van der Waals surface area contributed by atoms with Crippen molar-refractivity contribution >= 4 is 27.7 Å². The fourth-order valence-corrected chi connectivity index (χ4v) is 3.47. The lowest BCUT2D eigenvalue weighted by molar-refractivity contribution is 0.0526. The number of ether oxygens (including phenoxy) is 2. The van der Waals surface area contributed by atoms with Crippen molar-refractivity contribution in [2.24, 2.45) is 0 Å². The Kier molecular flexibility index (Phi) is 7.87. The summed E-state index contributed by atoms with van der Waals surface area (Å²) in [6, 6.07) is 12.0. The van der Waals surface area contributed by atoms with Crippen LogP contribution in [0.4, 0.5) is 10.5 Å². The molecule has 0 saturated carbocycles. The van der Waals surface area contributed by atoms with E-state index in [0.717, 1.165) is 0 Å². The maximum absolute atomic E-state index is 12.5. The van der Waals surface area contributed by atoms with Gasteiger partial charge in [-0.15, -0.1) is 0 Å². The Morgan fingerprint density at radius 2 is 1.48 bits per heavy atom. The van der Waals surface area contributed by atoms with E-state index in [1.54, 1.807) is 45.0 Å². The normalized spacial score (nSPS) is 11.4. The molecular formula is C21H27N3O6S. The van der Waals surface area contributed by atoms with Gasteiger partial charge in [0.25, 0.3) is 15.9 Å². The Morgan fingerprint density at radius 1 is 0.903 bits per heavy atom. The summed E-state index contributed by atoms with van der Waals surface area (Å²) in [4.78, 5) is 23.8. The van der Waals surface area contributed by atoms with Crippen LogP contribution in [0.25, 0.3) is 0 Å². The summed E-state index contributed by atoms with van der Waals surface area (Å²) in [6.07, 6.45) is -0.569. The lowest BCUT2D eigenvalue weighted by Crippen LogP contribution is -2.37. The predicted octanol–water partition coefficient (Wildman–Crippen LogP) is 2.75. The minimum absolute atomic E-state index is 0.0199. The fourth-order valence-electron chi connectivity index (χ4n) is 2.42. The second-order valence-corrected chi connectivity index (χ2v) is 9.23. The molecule has 168 valence electrons. The molecule has 0 unspecified atom stereocenters. The molecule has 10 heteroatoms. The third kappa shape index (κ3) is 7.82. The van der Waals surface area contributed by atoms with Crippen molar-refractivity contribution in [1.29, 1.82) is 0 Å². The van der Waals surface area contributed by atoms with E-state index in [0.29, 0.717) is 17.0 Å². The Labute approximate surface area is 182 Å². The zero-order chi connectivity index (χ0) is 23.1. The number of nitrogens with one attached hydrogen (secondary N) is 3. The first kappa shape index (κ1) is 24.0. The molecule has 0 fully saturated rings. The largest absolute Gasteiger partial charge is 0.497 e. The number of amides is 2. The van der Waals surface area contributed by atoms with Crippen molar-refractivity contribution < 1.29 is 27.5 Å². The highest BCUT2D eigenvalue weighted by Crippen LogP contribution is 2.19. The van der Waals surface area contributed by atoms with Crippen molar-refractivity contribution in [3.63, 3.8) is 0 Å². The first-order chi connectivity index (χ1) is 14.5. The summed E-state index contributed by atoms with van der Waals surface area (Å²) in [5, 5.41) is 5.17. The lowest BCUT2D eigenvalue weighted by atomic mass is 10.2. The summed E-state index contributed by atoms with van der Waals surface area (Å²) in [6.45, 7) is 5.65. The SMILES string of the molecule is COc1ccc(NS(=O)(=O)c2ccc(C(=O)NCCNC(=O)OC(C)(C)C)cc2)cc1. The number of benzene rings is 2. The van der Waals surface area contributed by atoms with Gasteiger partial charge in [-0.05, 0) is 69.3 Å². The maximum atomic E-state index is 12.5. The molecule has 0 aliphatic heterocycles. The molecule has 0 saturated heterocycles. The molecule has 0 aliphatic rings. The first-order valence-corrected chi connectivity index (χ1v) is 11.0. The average molecular weight is 450 g/mol. The molecule has 31 heavy (non-hydrogen) atoms. The van der Waals surface area contributed by atoms with E-state index in [9.17, 15) is 18.0 Å². The Balaban J connectivity index is 1.88. The van der Waals surface area contributed by atoms with Crippen molar-refractivity contribution in [2.45, 2.75) is 31.3 Å². The zero-order valence-electron chi connectivity index (χ0n) is 17.9. The van der Waals surface area contributed by atoms with Gasteiger partial charge in [-0.3, -0.25) is 9.52 Å². The van der Waals surface area contributed by atoms with Gasteiger partial charge in [0.05, 0.1) is 12.0 Å². The number of methoxy groups -OCH3 is 1. The number of sulfonamides is 1. The summed E-state index contributed by atoms with van der Waals surface area (Å²) in [7, 11) is -2.28. The third-order valence-corrected chi connectivity index (χ3v) is 5.25. The first-order valence-electron chi connectivity index (χ1n) is 9.52. The summed E-state index contributed by atoms with van der Waals surface area (Å²) in [5.74, 6) is 0.220. The maximum Gasteiger partial charge on any atom is 0.407 e. The van der Waals surface area contributed by atoms with E-state index < -0.39 is 27.6 Å². The molecule has 2 amide bonds. The number of anilines is 1. The summed E-state index contributed by atoms with van der Waals surface area (Å²) >= 11 is 0. The number of rotatable bonds is 8. The van der Waals surface area contributed by atoms with Gasteiger partial charge in [-0.2, -0.15) is 0 Å². The molecule has 0 bridgehead atoms. The second kappa shape index (κ2) is 10.2. The van der Waals surface area contributed by atoms with E-state index in [-0.39, 0.29) is 18.0 Å². The Hall–Kier alpha value is -3.27. The van der Waals surface area contributed by atoms with Gasteiger partial charge in [0, 0.05) is 24.3 Å². The molecule has 0 heterocycles. The van der Waals surface area contributed by atoms with Crippen LogP contribution in [0.15, 0.2) is 53.4 Å². The Morgan fingerprint density at radius 3 is 2.03 bits per heavy atom. The summed E-state index contributed by atoms with van der Waals surface area (Å²) < 4.78 is 37.6. The predicted molar refractivity (Wildman–Crippen MR) is 117 cm³/mol. The van der Waals surface area contributed by atoms with Crippen molar-refractivity contribution in [2.75, 3.05) is 24.9 Å². The second-order valence-electron chi connectivity index (χ2n) is 7.54. The standard InChI is InChI=1S/C21H27N3O6S/c1-21(2,3)30-20(26)23-14-13-22-19(25)15-5-11-18(12-6-15)31(27,28)24-16-7-9-17(29-4)10-8-16/h5-12,24H,13-14H2,1-4H3,(H,22,25)(H,23,26). The van der Waals surface area contributed by atoms with Crippen LogP contribution < -0.4 is 20.1 Å². The van der Waals surface area contributed by atoms with Crippen LogP contribution in [0.3, 0.4) is 0 Å². The van der Waals surface area contributed by atoms with E-state index >= 15 is 0 Å². The molecule has 0 aliphatic carbocycles. The number of hydrogen-bond donors (Lipinski definition) is 3. The molecule has 0 radical (unpaired) electrons. The van der Waals surface area contributed by atoms with Gasteiger partial charge in [-0.1, -0.05) is 0 Å². The van der Waals surface area contributed by atoms with Gasteiger partial charge >= 0.3 is 6.09 Å². The van der Waals surface area contributed by atoms with E-state index in [4.69, 9.17) is 9.47 Å². The van der Waals surface area contributed by atoms with E-state index in [2.05, 4.69) is 15.4 Å². The molecule has 2 rings (SSSR count). The van der Waals surface area contributed by atoms with Crippen molar-refractivity contribution in [3.8, 4) is 5.75 Å². The highest BCUT2D eigenvalue weighted by atomic mass is 32.2. The van der Waals surface area contributed by atoms with Crippen LogP contribution in [0.1, 0.15) is 31.1 Å². The number of hydrogen-bond acceptors (Lipinski definition) is 6. The topological polar surface area (TPSA) is 123 Å². The van der Waals surface area contributed by atoms with Crippen LogP contribution >= 0.6 is 0 Å².